The summed E-state index contributed by atoms with van der Waals surface area (Å²) in [5.74, 6) is -1.44. The van der Waals surface area contributed by atoms with Crippen LogP contribution in [0.1, 0.15) is 52.5 Å². The van der Waals surface area contributed by atoms with Crippen LogP contribution in [0.15, 0.2) is 33.5 Å². The van der Waals surface area contributed by atoms with E-state index < -0.39 is 29.6 Å². The molecule has 29 heavy (non-hydrogen) atoms. The van der Waals surface area contributed by atoms with Crippen LogP contribution in [0, 0.1) is 5.92 Å². The zero-order valence-corrected chi connectivity index (χ0v) is 17.4. The lowest BCUT2D eigenvalue weighted by Crippen LogP contribution is -2.49. The van der Waals surface area contributed by atoms with Crippen LogP contribution >= 0.6 is 0 Å². The molecule has 158 valence electrons. The second kappa shape index (κ2) is 10.1. The van der Waals surface area contributed by atoms with Gasteiger partial charge in [-0.25, -0.2) is 9.59 Å². The second-order valence-corrected chi connectivity index (χ2v) is 7.32. The molecule has 7 nitrogen and oxygen atoms in total. The Morgan fingerprint density at radius 1 is 1.21 bits per heavy atom. The third kappa shape index (κ3) is 5.82. The van der Waals surface area contributed by atoms with Gasteiger partial charge in [-0.05, 0) is 43.4 Å². The first-order chi connectivity index (χ1) is 13.8. The number of hydrogen-bond acceptors (Lipinski definition) is 5. The summed E-state index contributed by atoms with van der Waals surface area (Å²) in [6, 6.07) is 5.64. The van der Waals surface area contributed by atoms with Crippen LogP contribution < -0.4 is 15.7 Å². The van der Waals surface area contributed by atoms with Gasteiger partial charge in [-0.2, -0.15) is 0 Å². The smallest absolute Gasteiger partial charge is 0.336 e. The lowest BCUT2D eigenvalue weighted by atomic mass is 9.99. The molecule has 2 N–H and O–H groups in total. The summed E-state index contributed by atoms with van der Waals surface area (Å²) in [4.78, 5) is 35.7. The van der Waals surface area contributed by atoms with E-state index in [2.05, 4.69) is 12.2 Å². The molecule has 1 aromatic carbocycles. The van der Waals surface area contributed by atoms with E-state index in [0.717, 1.165) is 30.2 Å². The van der Waals surface area contributed by atoms with Crippen molar-refractivity contribution in [3.05, 3.63) is 40.2 Å². The van der Waals surface area contributed by atoms with E-state index in [1.54, 1.807) is 26.0 Å². The number of carboxylic acids is 1. The van der Waals surface area contributed by atoms with E-state index in [9.17, 15) is 19.5 Å². The summed E-state index contributed by atoms with van der Waals surface area (Å²) >= 11 is 0. The van der Waals surface area contributed by atoms with Gasteiger partial charge in [0.2, 0.25) is 0 Å². The molecule has 0 spiro atoms. The van der Waals surface area contributed by atoms with Gasteiger partial charge in [0.15, 0.2) is 6.10 Å². The quantitative estimate of drug-likeness (QED) is 0.588. The monoisotopic (exact) mass is 403 g/mol. The van der Waals surface area contributed by atoms with Crippen LogP contribution in [-0.2, 0) is 16.0 Å². The van der Waals surface area contributed by atoms with Crippen molar-refractivity contribution in [2.45, 2.75) is 65.5 Å². The Morgan fingerprint density at radius 2 is 1.93 bits per heavy atom. The summed E-state index contributed by atoms with van der Waals surface area (Å²) in [5, 5.41) is 12.7. The molecule has 0 saturated carbocycles. The minimum absolute atomic E-state index is 0.208. The van der Waals surface area contributed by atoms with Gasteiger partial charge in [-0.1, -0.05) is 33.6 Å². The minimum atomic E-state index is -1.08. The van der Waals surface area contributed by atoms with Crippen LogP contribution in [0.25, 0.3) is 11.0 Å². The molecule has 1 amide bonds. The van der Waals surface area contributed by atoms with Crippen molar-refractivity contribution in [2.75, 3.05) is 0 Å². The van der Waals surface area contributed by atoms with Gasteiger partial charge in [0.05, 0.1) is 0 Å². The zero-order chi connectivity index (χ0) is 21.6. The average Bonchev–Trinajstić information content (AvgIpc) is 2.68. The molecule has 2 rings (SSSR count). The second-order valence-electron chi connectivity index (χ2n) is 7.32. The van der Waals surface area contributed by atoms with Crippen molar-refractivity contribution in [1.29, 1.82) is 0 Å². The SMILES string of the molecule is CCCCc1cc(=O)oc2cc(O[C@H](C)C(=O)N[C@H](C(=O)O)[C@H](C)CC)ccc12. The molecular formula is C22H29NO6. The average molecular weight is 403 g/mol. The maximum atomic E-state index is 12.4. The number of unbranched alkanes of at least 4 members (excludes halogenated alkanes) is 1. The topological polar surface area (TPSA) is 106 Å². The highest BCUT2D eigenvalue weighted by Gasteiger charge is 2.28. The van der Waals surface area contributed by atoms with Crippen LogP contribution in [0.2, 0.25) is 0 Å². The van der Waals surface area contributed by atoms with Crippen molar-refractivity contribution >= 4 is 22.8 Å². The number of carbonyl (C=O) groups is 2. The number of carboxylic acid groups (broad SMARTS) is 1. The maximum absolute atomic E-state index is 12.4. The summed E-state index contributed by atoms with van der Waals surface area (Å²) in [6.07, 6.45) is 2.48. The Kier molecular flexibility index (Phi) is 7.82. The van der Waals surface area contributed by atoms with E-state index in [1.807, 2.05) is 13.0 Å². The van der Waals surface area contributed by atoms with Crippen LogP contribution in [-0.4, -0.2) is 29.1 Å². The fourth-order valence-electron chi connectivity index (χ4n) is 3.07. The molecule has 3 atom stereocenters. The fourth-order valence-corrected chi connectivity index (χ4v) is 3.07. The van der Waals surface area contributed by atoms with Gasteiger partial charge in [0, 0.05) is 17.5 Å². The molecule has 0 fully saturated rings. The Labute approximate surface area is 170 Å². The normalized spacial score (nSPS) is 14.2. The molecule has 0 saturated heterocycles. The highest BCUT2D eigenvalue weighted by atomic mass is 16.5. The molecule has 1 aromatic heterocycles. The molecule has 0 aliphatic heterocycles. The predicted molar refractivity (Wildman–Crippen MR) is 110 cm³/mol. The summed E-state index contributed by atoms with van der Waals surface area (Å²) < 4.78 is 11.0. The standard InChI is InChI=1S/C22H29NO6/c1-5-7-8-15-11-19(24)29-18-12-16(9-10-17(15)18)28-14(4)21(25)23-20(22(26)27)13(3)6-2/h9-14,20H,5-8H2,1-4H3,(H,23,25)(H,26,27)/t13-,14-,20+/m1/s1. The number of benzene rings is 1. The van der Waals surface area contributed by atoms with Crippen LogP contribution in [0.4, 0.5) is 0 Å². The number of amides is 1. The maximum Gasteiger partial charge on any atom is 0.336 e. The van der Waals surface area contributed by atoms with Gasteiger partial charge < -0.3 is 19.6 Å². The lowest BCUT2D eigenvalue weighted by Gasteiger charge is -2.22. The van der Waals surface area contributed by atoms with Crippen molar-refractivity contribution in [1.82, 2.24) is 5.32 Å². The van der Waals surface area contributed by atoms with Gasteiger partial charge in [-0.15, -0.1) is 0 Å². The first-order valence-corrected chi connectivity index (χ1v) is 10.0. The minimum Gasteiger partial charge on any atom is -0.481 e. The van der Waals surface area contributed by atoms with Crippen molar-refractivity contribution < 1.29 is 23.8 Å². The van der Waals surface area contributed by atoms with Crippen molar-refractivity contribution in [3.63, 3.8) is 0 Å². The Balaban J connectivity index is 2.17. The third-order valence-corrected chi connectivity index (χ3v) is 5.06. The lowest BCUT2D eigenvalue weighted by molar-refractivity contribution is -0.144. The number of aryl methyl sites for hydroxylation is 1. The summed E-state index contributed by atoms with van der Waals surface area (Å²) in [6.45, 7) is 7.27. The molecule has 0 radical (unpaired) electrons. The Hall–Kier alpha value is -2.83. The van der Waals surface area contributed by atoms with E-state index in [4.69, 9.17) is 9.15 Å². The number of fused-ring (bicyclic) bond motifs is 1. The molecular weight excluding hydrogens is 374 g/mol. The third-order valence-electron chi connectivity index (χ3n) is 5.06. The predicted octanol–water partition coefficient (Wildman–Crippen LogP) is 3.52. The first-order valence-electron chi connectivity index (χ1n) is 10.0. The number of rotatable bonds is 10. The number of carbonyl (C=O) groups excluding carboxylic acids is 1. The fraction of sp³-hybridized carbons (Fsp3) is 0.500. The molecule has 7 heteroatoms. The number of aliphatic carboxylic acids is 1. The van der Waals surface area contributed by atoms with Gasteiger partial charge >= 0.3 is 11.6 Å². The zero-order valence-electron chi connectivity index (χ0n) is 17.4. The van der Waals surface area contributed by atoms with E-state index in [1.165, 1.54) is 6.07 Å². The highest BCUT2D eigenvalue weighted by molar-refractivity contribution is 5.86. The van der Waals surface area contributed by atoms with E-state index >= 15 is 0 Å². The first kappa shape index (κ1) is 22.5. The number of hydrogen-bond donors (Lipinski definition) is 2. The molecule has 2 aromatic rings. The highest BCUT2D eigenvalue weighted by Crippen LogP contribution is 2.24. The van der Waals surface area contributed by atoms with Crippen molar-refractivity contribution in [2.24, 2.45) is 5.92 Å². The summed E-state index contributed by atoms with van der Waals surface area (Å²) in [5.41, 5.74) is 0.898. The van der Waals surface area contributed by atoms with Gasteiger partial charge in [0.1, 0.15) is 17.4 Å². The largest absolute Gasteiger partial charge is 0.481 e. The molecule has 0 bridgehead atoms. The van der Waals surface area contributed by atoms with Crippen LogP contribution in [0.3, 0.4) is 0 Å². The van der Waals surface area contributed by atoms with Crippen LogP contribution in [0.5, 0.6) is 5.75 Å². The van der Waals surface area contributed by atoms with E-state index in [0.29, 0.717) is 17.8 Å². The van der Waals surface area contributed by atoms with Gasteiger partial charge in [-0.3, -0.25) is 4.79 Å². The number of nitrogens with one attached hydrogen (secondary N) is 1. The molecule has 0 unspecified atom stereocenters. The molecule has 0 aliphatic rings. The summed E-state index contributed by atoms with van der Waals surface area (Å²) in [7, 11) is 0. The number of ether oxygens (including phenoxy) is 1. The van der Waals surface area contributed by atoms with Gasteiger partial charge in [0.25, 0.3) is 5.91 Å². The van der Waals surface area contributed by atoms with E-state index in [-0.39, 0.29) is 5.92 Å². The molecule has 1 heterocycles. The Bertz CT molecular complexity index is 919. The van der Waals surface area contributed by atoms with Crippen molar-refractivity contribution in [3.8, 4) is 5.75 Å². The Morgan fingerprint density at radius 3 is 2.55 bits per heavy atom. The molecule has 0 aliphatic carbocycles.